The molecule has 0 amide bonds. The summed E-state index contributed by atoms with van der Waals surface area (Å²) in [7, 11) is 0. The number of allylic oxidation sites excluding steroid dienone is 1. The van der Waals surface area contributed by atoms with Gasteiger partial charge >= 0.3 is 5.97 Å². The summed E-state index contributed by atoms with van der Waals surface area (Å²) in [5, 5.41) is 28.3. The standard InChI is InChI=1S/C33H42N2O6/c1-7-35-16-22(26(34-35)21-10-8-18(2)9-11-21)30(38)41-29-25-27(36)20(4)15-33(25,39)28(37)19(3)14-24-23(31(24,5)6)12-13-32(29)17-40-32/h8-11,14,16,20,23-25,27,29,36,39H,7,12-13,15,17H2,1-6H3/b19-14+/t20-,23-,24+,25+,27-,29+,32-,33+/m0/s1. The molecule has 220 valence electrons. The molecule has 1 aromatic heterocycles. The lowest BCUT2D eigenvalue weighted by Gasteiger charge is -2.38. The topological polar surface area (TPSA) is 114 Å². The summed E-state index contributed by atoms with van der Waals surface area (Å²) in [5.41, 5.74) is 0.480. The number of aliphatic hydroxyl groups excluding tert-OH is 1. The van der Waals surface area contributed by atoms with Crippen molar-refractivity contribution in [1.82, 2.24) is 9.78 Å². The predicted octanol–water partition coefficient (Wildman–Crippen LogP) is 4.50. The van der Waals surface area contributed by atoms with E-state index in [1.54, 1.807) is 17.8 Å². The number of aromatic nitrogens is 2. The van der Waals surface area contributed by atoms with E-state index in [2.05, 4.69) is 18.9 Å². The number of hydrogen-bond donors (Lipinski definition) is 2. The fourth-order valence-electron chi connectivity index (χ4n) is 7.70. The number of fused-ring (bicyclic) bond motifs is 2. The van der Waals surface area contributed by atoms with E-state index >= 15 is 0 Å². The third-order valence-corrected chi connectivity index (χ3v) is 10.6. The SMILES string of the molecule is CCn1cc(C(=O)O[C@@H]2[C@H]3[C@@H](O)[C@@H](C)C[C@]3(O)C(=O)/C(C)=C/[C@@H]3[C@H](CC[C@]24CO4)C3(C)C)c(-c2ccc(C)cc2)n1. The first-order chi connectivity index (χ1) is 19.3. The van der Waals surface area contributed by atoms with Crippen molar-refractivity contribution in [2.45, 2.75) is 90.8 Å². The largest absolute Gasteiger partial charge is 0.455 e. The van der Waals surface area contributed by atoms with Crippen LogP contribution in [0.2, 0.25) is 0 Å². The van der Waals surface area contributed by atoms with Crippen LogP contribution in [0.1, 0.15) is 69.8 Å². The third kappa shape index (κ3) is 4.50. The molecule has 41 heavy (non-hydrogen) atoms. The van der Waals surface area contributed by atoms with Gasteiger partial charge in [0.2, 0.25) is 0 Å². The number of esters is 1. The summed E-state index contributed by atoms with van der Waals surface area (Å²) in [5.74, 6) is -1.80. The van der Waals surface area contributed by atoms with Crippen molar-refractivity contribution < 1.29 is 29.3 Å². The number of aliphatic hydroxyl groups is 2. The molecule has 8 heteroatoms. The van der Waals surface area contributed by atoms with Gasteiger partial charge in [0.05, 0.1) is 18.6 Å². The van der Waals surface area contributed by atoms with Gasteiger partial charge in [0.1, 0.15) is 28.6 Å². The van der Waals surface area contributed by atoms with Gasteiger partial charge in [-0.3, -0.25) is 9.48 Å². The fourth-order valence-corrected chi connectivity index (χ4v) is 7.70. The summed E-state index contributed by atoms with van der Waals surface area (Å²) in [4.78, 5) is 28.0. The second kappa shape index (κ2) is 9.61. The molecule has 1 aliphatic heterocycles. The van der Waals surface area contributed by atoms with Crippen LogP contribution in [0.25, 0.3) is 11.3 Å². The number of ketones is 1. The zero-order valence-electron chi connectivity index (χ0n) is 24.9. The van der Waals surface area contributed by atoms with Crippen molar-refractivity contribution in [3.8, 4) is 11.3 Å². The zero-order valence-corrected chi connectivity index (χ0v) is 24.9. The maximum absolute atomic E-state index is 14.1. The number of ether oxygens (including phenoxy) is 2. The molecule has 0 bridgehead atoms. The maximum atomic E-state index is 14.1. The van der Waals surface area contributed by atoms with Crippen molar-refractivity contribution in [2.75, 3.05) is 6.61 Å². The van der Waals surface area contributed by atoms with E-state index in [0.717, 1.165) is 17.5 Å². The predicted molar refractivity (Wildman–Crippen MR) is 153 cm³/mol. The van der Waals surface area contributed by atoms with E-state index in [1.165, 1.54) is 0 Å². The first-order valence-electron chi connectivity index (χ1n) is 15.0. The lowest BCUT2D eigenvalue weighted by atomic mass is 9.74. The molecule has 1 saturated heterocycles. The second-order valence-electron chi connectivity index (χ2n) is 13.6. The summed E-state index contributed by atoms with van der Waals surface area (Å²) in [6.45, 7) is 12.9. The van der Waals surface area contributed by atoms with Crippen LogP contribution in [0.15, 0.2) is 42.1 Å². The number of epoxide rings is 1. The Hall–Kier alpha value is -2.81. The van der Waals surface area contributed by atoms with Gasteiger partial charge in [-0.25, -0.2) is 4.79 Å². The Kier molecular flexibility index (Phi) is 6.64. The van der Waals surface area contributed by atoms with Crippen molar-refractivity contribution in [3.05, 3.63) is 53.2 Å². The molecule has 2 heterocycles. The van der Waals surface area contributed by atoms with Gasteiger partial charge in [-0.15, -0.1) is 0 Å². The van der Waals surface area contributed by atoms with Crippen molar-refractivity contribution in [1.29, 1.82) is 0 Å². The van der Waals surface area contributed by atoms with Crippen LogP contribution in [0, 0.1) is 36.0 Å². The van der Waals surface area contributed by atoms with Gasteiger partial charge in [0.25, 0.3) is 0 Å². The Bertz CT molecular complexity index is 1400. The molecule has 8 atom stereocenters. The monoisotopic (exact) mass is 562 g/mol. The molecule has 6 rings (SSSR count). The lowest BCUT2D eigenvalue weighted by Crippen LogP contribution is -2.56. The van der Waals surface area contributed by atoms with Crippen molar-refractivity contribution in [3.63, 3.8) is 0 Å². The van der Waals surface area contributed by atoms with Gasteiger partial charge in [-0.1, -0.05) is 56.7 Å². The van der Waals surface area contributed by atoms with Crippen LogP contribution in [-0.2, 0) is 20.8 Å². The Morgan fingerprint density at radius 3 is 2.54 bits per heavy atom. The molecule has 3 aliphatic carbocycles. The molecule has 2 aromatic rings. The molecule has 0 radical (unpaired) electrons. The minimum absolute atomic E-state index is 0.0329. The summed E-state index contributed by atoms with van der Waals surface area (Å²) in [6, 6.07) is 7.79. The number of rotatable bonds is 4. The number of benzene rings is 1. The highest BCUT2D eigenvalue weighted by atomic mass is 16.6. The number of carbonyl (C=O) groups excluding carboxylic acids is 2. The van der Waals surface area contributed by atoms with E-state index in [4.69, 9.17) is 9.47 Å². The summed E-state index contributed by atoms with van der Waals surface area (Å²) < 4.78 is 14.1. The van der Waals surface area contributed by atoms with Gasteiger partial charge < -0.3 is 19.7 Å². The molecule has 0 unspecified atom stereocenters. The molecular weight excluding hydrogens is 520 g/mol. The van der Waals surface area contributed by atoms with E-state index < -0.39 is 41.1 Å². The average molecular weight is 563 g/mol. The molecule has 1 aromatic carbocycles. The Morgan fingerprint density at radius 1 is 1.22 bits per heavy atom. The minimum Gasteiger partial charge on any atom is -0.455 e. The minimum atomic E-state index is -1.88. The third-order valence-electron chi connectivity index (χ3n) is 10.6. The van der Waals surface area contributed by atoms with E-state index in [0.29, 0.717) is 42.3 Å². The molecule has 2 N–H and O–H groups in total. The molecule has 3 fully saturated rings. The highest BCUT2D eigenvalue weighted by Gasteiger charge is 2.68. The lowest BCUT2D eigenvalue weighted by molar-refractivity contribution is -0.151. The van der Waals surface area contributed by atoms with Crippen molar-refractivity contribution >= 4 is 11.8 Å². The van der Waals surface area contributed by atoms with Gasteiger partial charge in [0.15, 0.2) is 5.78 Å². The first kappa shape index (κ1) is 28.3. The number of Topliss-reactive ketones (excluding diaryl/α,β-unsaturated/α-hetero) is 1. The first-order valence-corrected chi connectivity index (χ1v) is 15.0. The second-order valence-corrected chi connectivity index (χ2v) is 13.6. The number of hydrogen-bond acceptors (Lipinski definition) is 7. The molecule has 1 spiro atoms. The van der Waals surface area contributed by atoms with Gasteiger partial charge in [-0.05, 0) is 68.8 Å². The van der Waals surface area contributed by atoms with Crippen LogP contribution < -0.4 is 0 Å². The van der Waals surface area contributed by atoms with Crippen LogP contribution >= 0.6 is 0 Å². The average Bonchev–Trinajstić information content (AvgIpc) is 3.71. The number of carbonyl (C=O) groups is 2. The van der Waals surface area contributed by atoms with E-state index in [-0.39, 0.29) is 23.7 Å². The number of nitrogens with zero attached hydrogens (tertiary/aromatic N) is 2. The van der Waals surface area contributed by atoms with Gasteiger partial charge in [0, 0.05) is 18.3 Å². The highest BCUT2D eigenvalue weighted by molar-refractivity contribution is 6.02. The quantitative estimate of drug-likeness (QED) is 0.417. The zero-order chi connectivity index (χ0) is 29.5. The van der Waals surface area contributed by atoms with Crippen LogP contribution in [0.5, 0.6) is 0 Å². The normalized spacial score (nSPS) is 38.8. The smallest absolute Gasteiger partial charge is 0.342 e. The Balaban J connectivity index is 1.42. The fraction of sp³-hybridized carbons (Fsp3) is 0.606. The summed E-state index contributed by atoms with van der Waals surface area (Å²) >= 11 is 0. The maximum Gasteiger partial charge on any atom is 0.342 e. The number of aryl methyl sites for hydroxylation is 2. The van der Waals surface area contributed by atoms with Crippen molar-refractivity contribution in [2.24, 2.45) is 29.1 Å². The highest BCUT2D eigenvalue weighted by Crippen LogP contribution is 2.63. The Labute approximate surface area is 241 Å². The summed E-state index contributed by atoms with van der Waals surface area (Å²) in [6.07, 6.45) is 3.18. The van der Waals surface area contributed by atoms with Gasteiger partial charge in [-0.2, -0.15) is 5.10 Å². The van der Waals surface area contributed by atoms with Crippen LogP contribution in [0.4, 0.5) is 0 Å². The molecule has 2 saturated carbocycles. The molecular formula is C33H42N2O6. The van der Waals surface area contributed by atoms with Crippen LogP contribution in [-0.4, -0.2) is 61.8 Å². The Morgan fingerprint density at radius 2 is 1.90 bits per heavy atom. The van der Waals surface area contributed by atoms with E-state index in [1.807, 2.05) is 51.1 Å². The molecule has 8 nitrogen and oxygen atoms in total. The van der Waals surface area contributed by atoms with E-state index in [9.17, 15) is 19.8 Å². The molecule has 4 aliphatic rings. The van der Waals surface area contributed by atoms with Crippen LogP contribution in [0.3, 0.4) is 0 Å².